The van der Waals surface area contributed by atoms with Crippen LogP contribution >= 0.6 is 11.8 Å². The van der Waals surface area contributed by atoms with Crippen molar-refractivity contribution in [3.05, 3.63) is 59.7 Å². The van der Waals surface area contributed by atoms with Crippen LogP contribution in [-0.2, 0) is 0 Å². The van der Waals surface area contributed by atoms with E-state index in [9.17, 15) is 5.11 Å². The predicted molar refractivity (Wildman–Crippen MR) is 77.0 cm³/mol. The van der Waals surface area contributed by atoms with E-state index in [1.807, 2.05) is 25.1 Å². The number of benzene rings is 2. The highest BCUT2D eigenvalue weighted by Gasteiger charge is 2.10. The molecule has 2 aromatic rings. The van der Waals surface area contributed by atoms with E-state index >= 15 is 0 Å². The number of hydrogen-bond acceptors (Lipinski definition) is 2. The molecule has 0 spiro atoms. The maximum atomic E-state index is 10.0. The van der Waals surface area contributed by atoms with E-state index in [4.69, 9.17) is 0 Å². The first kappa shape index (κ1) is 13.2. The van der Waals surface area contributed by atoms with E-state index in [1.165, 1.54) is 10.5 Å². The van der Waals surface area contributed by atoms with E-state index in [1.54, 1.807) is 11.8 Å². The van der Waals surface area contributed by atoms with E-state index in [-0.39, 0.29) is 6.10 Å². The quantitative estimate of drug-likeness (QED) is 0.865. The summed E-state index contributed by atoms with van der Waals surface area (Å²) in [6.07, 6.45) is 0.366. The van der Waals surface area contributed by atoms with Crippen LogP contribution < -0.4 is 0 Å². The van der Waals surface area contributed by atoms with Crippen molar-refractivity contribution in [2.75, 3.05) is 0 Å². The van der Waals surface area contributed by atoms with Crippen LogP contribution in [0.15, 0.2) is 58.3 Å². The number of hydrogen-bond donors (Lipinski definition) is 1. The van der Waals surface area contributed by atoms with Crippen molar-refractivity contribution >= 4 is 11.8 Å². The fraction of sp³-hybridized carbons (Fsp3) is 0.250. The minimum Gasteiger partial charge on any atom is -0.388 e. The summed E-state index contributed by atoms with van der Waals surface area (Å²) < 4.78 is 0. The maximum Gasteiger partial charge on any atom is 0.0798 e. The normalized spacial score (nSPS) is 12.4. The minimum absolute atomic E-state index is 0.376. The molecule has 94 valence electrons. The van der Waals surface area contributed by atoms with Gasteiger partial charge in [-0.25, -0.2) is 0 Å². The van der Waals surface area contributed by atoms with Gasteiger partial charge in [-0.1, -0.05) is 54.6 Å². The van der Waals surface area contributed by atoms with Crippen LogP contribution in [0.1, 0.15) is 30.6 Å². The number of rotatable bonds is 4. The standard InChI is InChI=1S/C16H18OS/c1-3-15(17)14-6-4-5-7-16(14)18-13-10-8-12(2)9-11-13/h4-11,15,17H,3H2,1-2H3/t15-/m1/s1. The second-order valence-electron chi connectivity index (χ2n) is 4.38. The Balaban J connectivity index is 2.26. The van der Waals surface area contributed by atoms with Crippen molar-refractivity contribution in [3.63, 3.8) is 0 Å². The average Bonchev–Trinajstić information content (AvgIpc) is 2.41. The highest BCUT2D eigenvalue weighted by atomic mass is 32.2. The Morgan fingerprint density at radius 1 is 1.06 bits per heavy atom. The molecular weight excluding hydrogens is 240 g/mol. The summed E-state index contributed by atoms with van der Waals surface area (Å²) in [7, 11) is 0. The second kappa shape index (κ2) is 6.07. The zero-order chi connectivity index (χ0) is 13.0. The molecule has 1 nitrogen and oxygen atoms in total. The van der Waals surface area contributed by atoms with Gasteiger partial charge >= 0.3 is 0 Å². The Morgan fingerprint density at radius 2 is 1.72 bits per heavy atom. The molecule has 2 aromatic carbocycles. The van der Waals surface area contributed by atoms with E-state index < -0.39 is 0 Å². The zero-order valence-corrected chi connectivity index (χ0v) is 11.6. The minimum atomic E-state index is -0.376. The van der Waals surface area contributed by atoms with Gasteiger partial charge in [-0.3, -0.25) is 0 Å². The van der Waals surface area contributed by atoms with Crippen molar-refractivity contribution in [3.8, 4) is 0 Å². The molecule has 0 bridgehead atoms. The van der Waals surface area contributed by atoms with Crippen molar-refractivity contribution in [1.29, 1.82) is 0 Å². The molecule has 0 aromatic heterocycles. The van der Waals surface area contributed by atoms with Gasteiger partial charge in [0.15, 0.2) is 0 Å². The van der Waals surface area contributed by atoms with Gasteiger partial charge in [0.25, 0.3) is 0 Å². The van der Waals surface area contributed by atoms with Gasteiger partial charge in [-0.2, -0.15) is 0 Å². The first-order valence-electron chi connectivity index (χ1n) is 6.22. The lowest BCUT2D eigenvalue weighted by atomic mass is 10.1. The monoisotopic (exact) mass is 258 g/mol. The molecule has 0 fully saturated rings. The van der Waals surface area contributed by atoms with Crippen LogP contribution in [-0.4, -0.2) is 5.11 Å². The number of aliphatic hydroxyl groups is 1. The van der Waals surface area contributed by atoms with Crippen molar-refractivity contribution in [1.82, 2.24) is 0 Å². The highest BCUT2D eigenvalue weighted by molar-refractivity contribution is 7.99. The van der Waals surface area contributed by atoms with Gasteiger partial charge in [0.1, 0.15) is 0 Å². The Hall–Kier alpha value is -1.25. The summed E-state index contributed by atoms with van der Waals surface area (Å²) in [5.74, 6) is 0. The predicted octanol–water partition coefficient (Wildman–Crippen LogP) is 4.59. The summed E-state index contributed by atoms with van der Waals surface area (Å²) in [4.78, 5) is 2.34. The lowest BCUT2D eigenvalue weighted by Gasteiger charge is -2.13. The molecule has 0 aliphatic rings. The van der Waals surface area contributed by atoms with Gasteiger partial charge in [0, 0.05) is 9.79 Å². The summed E-state index contributed by atoms with van der Waals surface area (Å²) in [6.45, 7) is 4.08. The number of aliphatic hydroxyl groups excluding tert-OH is 1. The van der Waals surface area contributed by atoms with Crippen LogP contribution in [0, 0.1) is 6.92 Å². The molecule has 0 amide bonds. The molecule has 0 aliphatic carbocycles. The molecule has 0 unspecified atom stereocenters. The van der Waals surface area contributed by atoms with Crippen LogP contribution in [0.2, 0.25) is 0 Å². The molecule has 2 heteroatoms. The first-order chi connectivity index (χ1) is 8.70. The fourth-order valence-corrected chi connectivity index (χ4v) is 2.80. The van der Waals surface area contributed by atoms with Gasteiger partial charge < -0.3 is 5.11 Å². The van der Waals surface area contributed by atoms with Crippen LogP contribution in [0.5, 0.6) is 0 Å². The molecule has 1 N–H and O–H groups in total. The smallest absolute Gasteiger partial charge is 0.0798 e. The summed E-state index contributed by atoms with van der Waals surface area (Å²) in [6, 6.07) is 16.5. The molecule has 0 saturated heterocycles. The van der Waals surface area contributed by atoms with E-state index in [0.717, 1.165) is 16.9 Å². The topological polar surface area (TPSA) is 20.2 Å². The third-order valence-corrected chi connectivity index (χ3v) is 4.01. The molecule has 1 atom stereocenters. The maximum absolute atomic E-state index is 10.0. The van der Waals surface area contributed by atoms with Gasteiger partial charge in [0.2, 0.25) is 0 Å². The molecule has 18 heavy (non-hydrogen) atoms. The Morgan fingerprint density at radius 3 is 2.39 bits per heavy atom. The highest BCUT2D eigenvalue weighted by Crippen LogP contribution is 2.34. The van der Waals surface area contributed by atoms with E-state index in [2.05, 4.69) is 37.3 Å². The van der Waals surface area contributed by atoms with Crippen LogP contribution in [0.25, 0.3) is 0 Å². The van der Waals surface area contributed by atoms with Crippen LogP contribution in [0.3, 0.4) is 0 Å². The largest absolute Gasteiger partial charge is 0.388 e. The first-order valence-corrected chi connectivity index (χ1v) is 7.04. The SMILES string of the molecule is CC[C@@H](O)c1ccccc1Sc1ccc(C)cc1. The lowest BCUT2D eigenvalue weighted by molar-refractivity contribution is 0.171. The molecule has 0 aliphatic heterocycles. The molecule has 0 heterocycles. The Kier molecular flexibility index (Phi) is 4.45. The molecule has 0 radical (unpaired) electrons. The Labute approximate surface area is 113 Å². The Bertz CT molecular complexity index is 505. The van der Waals surface area contributed by atoms with Crippen molar-refractivity contribution in [2.24, 2.45) is 0 Å². The van der Waals surface area contributed by atoms with Gasteiger partial charge in [0.05, 0.1) is 6.10 Å². The summed E-state index contributed by atoms with van der Waals surface area (Å²) in [5, 5.41) is 10.0. The van der Waals surface area contributed by atoms with Gasteiger partial charge in [-0.15, -0.1) is 0 Å². The van der Waals surface area contributed by atoms with Crippen molar-refractivity contribution in [2.45, 2.75) is 36.2 Å². The van der Waals surface area contributed by atoms with Gasteiger partial charge in [-0.05, 0) is 37.1 Å². The lowest BCUT2D eigenvalue weighted by Crippen LogP contribution is -1.96. The molecule has 2 rings (SSSR count). The van der Waals surface area contributed by atoms with E-state index in [0.29, 0.717) is 0 Å². The average molecular weight is 258 g/mol. The molecular formula is C16H18OS. The summed E-state index contributed by atoms with van der Waals surface area (Å²) >= 11 is 1.71. The zero-order valence-electron chi connectivity index (χ0n) is 10.8. The third-order valence-electron chi connectivity index (χ3n) is 2.91. The number of aryl methyl sites for hydroxylation is 1. The fourth-order valence-electron chi connectivity index (χ4n) is 1.80. The third kappa shape index (κ3) is 3.15. The van der Waals surface area contributed by atoms with Crippen LogP contribution in [0.4, 0.5) is 0 Å². The summed E-state index contributed by atoms with van der Waals surface area (Å²) in [5.41, 5.74) is 2.28. The van der Waals surface area contributed by atoms with Crippen molar-refractivity contribution < 1.29 is 5.11 Å². The second-order valence-corrected chi connectivity index (χ2v) is 5.49. The molecule has 0 saturated carbocycles.